The molecule has 4 aromatic rings. The highest BCUT2D eigenvalue weighted by Gasteiger charge is 2.28. The van der Waals surface area contributed by atoms with Gasteiger partial charge in [-0.25, -0.2) is 15.0 Å². The molecule has 2 aromatic heterocycles. The summed E-state index contributed by atoms with van der Waals surface area (Å²) < 4.78 is 11.4. The van der Waals surface area contributed by atoms with Gasteiger partial charge in [0.1, 0.15) is 17.8 Å². The molecule has 1 saturated heterocycles. The number of morpholine rings is 1. The van der Waals surface area contributed by atoms with Crippen LogP contribution in [0, 0.1) is 6.92 Å². The first-order valence-electron chi connectivity index (χ1n) is 12.6. The van der Waals surface area contributed by atoms with E-state index < -0.39 is 11.7 Å². The molecule has 1 N–H and O–H groups in total. The van der Waals surface area contributed by atoms with Crippen LogP contribution in [0.25, 0.3) is 10.8 Å². The third-order valence-electron chi connectivity index (χ3n) is 6.54. The molecule has 3 heterocycles. The lowest BCUT2D eigenvalue weighted by atomic mass is 9.93. The third-order valence-corrected chi connectivity index (χ3v) is 6.54. The molecule has 0 atom stereocenters. The number of hydrogen-bond donors (Lipinski definition) is 1. The van der Waals surface area contributed by atoms with Gasteiger partial charge in [-0.05, 0) is 25.1 Å². The maximum Gasteiger partial charge on any atom is 0.296 e. The van der Waals surface area contributed by atoms with Crippen molar-refractivity contribution in [2.24, 2.45) is 0 Å². The van der Waals surface area contributed by atoms with Crippen LogP contribution >= 0.6 is 0 Å². The first kappa shape index (κ1) is 25.6. The number of furan rings is 1. The summed E-state index contributed by atoms with van der Waals surface area (Å²) in [5.74, 6) is 0.471. The maximum absolute atomic E-state index is 13.1. The van der Waals surface area contributed by atoms with Gasteiger partial charge in [0.05, 0.1) is 24.5 Å². The number of ketones is 1. The van der Waals surface area contributed by atoms with Gasteiger partial charge >= 0.3 is 0 Å². The summed E-state index contributed by atoms with van der Waals surface area (Å²) in [4.78, 5) is 34.8. The predicted molar refractivity (Wildman–Crippen MR) is 146 cm³/mol. The molecule has 1 amide bonds. The largest absolute Gasteiger partial charge is 0.465 e. The molecular weight excluding hydrogens is 482 g/mol. The van der Waals surface area contributed by atoms with Crippen LogP contribution in [0.5, 0.6) is 0 Å². The Bertz CT molecular complexity index is 1470. The number of anilines is 3. The summed E-state index contributed by atoms with van der Waals surface area (Å²) in [6.07, 6.45) is 3.23. The van der Waals surface area contributed by atoms with Crippen LogP contribution in [0.4, 0.5) is 17.2 Å². The molecule has 38 heavy (non-hydrogen) atoms. The molecule has 9 nitrogen and oxygen atoms in total. The van der Waals surface area contributed by atoms with E-state index in [0.717, 1.165) is 22.3 Å². The van der Waals surface area contributed by atoms with Crippen molar-refractivity contribution in [2.45, 2.75) is 33.1 Å². The number of aromatic nitrogens is 2. The van der Waals surface area contributed by atoms with Crippen molar-refractivity contribution in [3.05, 3.63) is 78.1 Å². The zero-order chi connectivity index (χ0) is 26.9. The minimum atomic E-state index is -0.715. The number of ether oxygens (including phenoxy) is 1. The fraction of sp³-hybridized carbons (Fsp3) is 0.310. The van der Waals surface area contributed by atoms with Crippen LogP contribution in [-0.2, 0) is 14.9 Å². The van der Waals surface area contributed by atoms with Crippen molar-refractivity contribution >= 4 is 39.7 Å². The number of benzene rings is 2. The normalized spacial score (nSPS) is 14.4. The topological polar surface area (TPSA) is 101 Å². The van der Waals surface area contributed by atoms with Crippen molar-refractivity contribution in [3.63, 3.8) is 0 Å². The molecular formula is C29H31N5O4. The van der Waals surface area contributed by atoms with E-state index in [1.54, 1.807) is 19.2 Å². The van der Waals surface area contributed by atoms with Crippen molar-refractivity contribution in [1.29, 1.82) is 0 Å². The second kappa shape index (κ2) is 10.4. The van der Waals surface area contributed by atoms with Gasteiger partial charge in [-0.2, -0.15) is 0 Å². The molecule has 0 saturated carbocycles. The second-order valence-corrected chi connectivity index (χ2v) is 10.2. The van der Waals surface area contributed by atoms with Gasteiger partial charge in [-0.15, -0.1) is 0 Å². The third kappa shape index (κ3) is 5.03. The lowest BCUT2D eigenvalue weighted by Crippen LogP contribution is -2.47. The molecule has 196 valence electrons. The number of nitrogens with one attached hydrogen (secondary N) is 1. The van der Waals surface area contributed by atoms with E-state index >= 15 is 0 Å². The molecule has 0 radical (unpaired) electrons. The minimum Gasteiger partial charge on any atom is -0.465 e. The molecule has 0 unspecified atom stereocenters. The molecule has 1 aliphatic rings. The Balaban J connectivity index is 1.50. The van der Waals surface area contributed by atoms with Crippen LogP contribution in [0.1, 0.15) is 42.6 Å². The number of hydrogen-bond acceptors (Lipinski definition) is 8. The lowest BCUT2D eigenvalue weighted by Gasteiger charge is -2.38. The Morgan fingerprint density at radius 3 is 2.42 bits per heavy atom. The molecule has 2 aromatic carbocycles. The van der Waals surface area contributed by atoms with Crippen molar-refractivity contribution in [3.8, 4) is 0 Å². The van der Waals surface area contributed by atoms with Gasteiger partial charge in [0.2, 0.25) is 0 Å². The van der Waals surface area contributed by atoms with E-state index in [4.69, 9.17) is 9.15 Å². The SMILES string of the molecule is Cc1oc(C(C)(C)C)cc1C(=O)C(=O)Nc1ccc(N(c2ccncn2)N2CCOCC2)c2ccccc12. The number of fused-ring (bicyclic) bond motifs is 1. The first-order valence-corrected chi connectivity index (χ1v) is 12.6. The minimum absolute atomic E-state index is 0.274. The Kier molecular flexibility index (Phi) is 6.96. The monoisotopic (exact) mass is 513 g/mol. The van der Waals surface area contributed by atoms with E-state index in [2.05, 4.69) is 25.3 Å². The van der Waals surface area contributed by atoms with Gasteiger partial charge in [0.25, 0.3) is 11.7 Å². The van der Waals surface area contributed by atoms with Crippen LogP contribution in [0.15, 0.2) is 65.5 Å². The Morgan fingerprint density at radius 2 is 1.76 bits per heavy atom. The summed E-state index contributed by atoms with van der Waals surface area (Å²) in [5.41, 5.74) is 1.44. The van der Waals surface area contributed by atoms with Gasteiger partial charge in [0, 0.05) is 47.2 Å². The number of aryl methyl sites for hydroxylation is 1. The Hall–Kier alpha value is -4.08. The zero-order valence-electron chi connectivity index (χ0n) is 22.0. The van der Waals surface area contributed by atoms with E-state index in [9.17, 15) is 9.59 Å². The predicted octanol–water partition coefficient (Wildman–Crippen LogP) is 5.04. The van der Waals surface area contributed by atoms with Crippen LogP contribution in [-0.4, -0.2) is 53.0 Å². The molecule has 0 bridgehead atoms. The fourth-order valence-corrected chi connectivity index (χ4v) is 4.54. The number of rotatable bonds is 6. The number of nitrogens with zero attached hydrogens (tertiary/aromatic N) is 4. The summed E-state index contributed by atoms with van der Waals surface area (Å²) in [6.45, 7) is 10.3. The highest BCUT2D eigenvalue weighted by Crippen LogP contribution is 2.37. The molecule has 1 aliphatic heterocycles. The maximum atomic E-state index is 13.1. The first-order chi connectivity index (χ1) is 18.2. The summed E-state index contributed by atoms with van der Waals surface area (Å²) in [7, 11) is 0. The molecule has 1 fully saturated rings. The van der Waals surface area contributed by atoms with E-state index in [1.807, 2.05) is 63.2 Å². The van der Waals surface area contributed by atoms with E-state index in [1.165, 1.54) is 6.33 Å². The van der Waals surface area contributed by atoms with Gasteiger partial charge in [-0.3, -0.25) is 14.6 Å². The highest BCUT2D eigenvalue weighted by molar-refractivity contribution is 6.47. The van der Waals surface area contributed by atoms with Crippen molar-refractivity contribution in [2.75, 3.05) is 36.6 Å². The van der Waals surface area contributed by atoms with Gasteiger partial charge in [-0.1, -0.05) is 45.0 Å². The van der Waals surface area contributed by atoms with E-state index in [-0.39, 0.29) is 11.0 Å². The standard InChI is InChI=1S/C29H31N5O4/c1-19-22(17-25(38-19)29(2,3)4)27(35)28(36)32-23-9-10-24(21-8-6-5-7-20(21)23)34(26-11-12-30-18-31-26)33-13-15-37-16-14-33/h5-12,17-18H,13-16H2,1-4H3,(H,32,36). The van der Waals surface area contributed by atoms with Gasteiger partial charge < -0.3 is 14.5 Å². The lowest BCUT2D eigenvalue weighted by molar-refractivity contribution is -0.112. The number of hydrazine groups is 1. The van der Waals surface area contributed by atoms with Crippen LogP contribution in [0.3, 0.4) is 0 Å². The van der Waals surface area contributed by atoms with E-state index in [0.29, 0.717) is 43.5 Å². The molecule has 0 aliphatic carbocycles. The van der Waals surface area contributed by atoms with Gasteiger partial charge in [0.15, 0.2) is 5.82 Å². The van der Waals surface area contributed by atoms with Crippen LogP contribution in [0.2, 0.25) is 0 Å². The Labute approximate surface area is 221 Å². The number of Topliss-reactive ketones (excluding diaryl/α,β-unsaturated/α-hetero) is 1. The quantitative estimate of drug-likeness (QED) is 0.283. The molecule has 5 rings (SSSR count). The molecule has 9 heteroatoms. The number of amides is 1. The zero-order valence-corrected chi connectivity index (χ0v) is 22.0. The van der Waals surface area contributed by atoms with Crippen molar-refractivity contribution in [1.82, 2.24) is 15.0 Å². The average Bonchev–Trinajstić information content (AvgIpc) is 3.33. The number of carbonyl (C=O) groups excluding carboxylic acids is 2. The smallest absolute Gasteiger partial charge is 0.296 e. The highest BCUT2D eigenvalue weighted by atomic mass is 16.5. The summed E-state index contributed by atoms with van der Waals surface area (Å²) in [6, 6.07) is 15.1. The second-order valence-electron chi connectivity index (χ2n) is 10.2. The van der Waals surface area contributed by atoms with Crippen molar-refractivity contribution < 1.29 is 18.7 Å². The Morgan fingerprint density at radius 1 is 1.03 bits per heavy atom. The van der Waals surface area contributed by atoms with Crippen LogP contribution < -0.4 is 10.3 Å². The number of carbonyl (C=O) groups is 2. The summed E-state index contributed by atoms with van der Waals surface area (Å²) in [5, 5.41) is 8.79. The fourth-order valence-electron chi connectivity index (χ4n) is 4.54. The molecule has 0 spiro atoms. The summed E-state index contributed by atoms with van der Waals surface area (Å²) >= 11 is 0. The average molecular weight is 514 g/mol.